The monoisotopic (exact) mass is 388 g/mol. The first kappa shape index (κ1) is 19.2. The second kappa shape index (κ2) is 8.88. The summed E-state index contributed by atoms with van der Waals surface area (Å²) in [5.41, 5.74) is 2.00. The third-order valence-electron chi connectivity index (χ3n) is 5.36. The fourth-order valence-corrected chi connectivity index (χ4v) is 3.80. The summed E-state index contributed by atoms with van der Waals surface area (Å²) >= 11 is 0. The Morgan fingerprint density at radius 1 is 0.793 bits per heavy atom. The molecule has 1 fully saturated rings. The van der Waals surface area contributed by atoms with Crippen molar-refractivity contribution in [1.29, 1.82) is 0 Å². The molecule has 0 radical (unpaired) electrons. The summed E-state index contributed by atoms with van der Waals surface area (Å²) in [7, 11) is 0. The van der Waals surface area contributed by atoms with Gasteiger partial charge < -0.3 is 9.32 Å². The predicted molar refractivity (Wildman–Crippen MR) is 111 cm³/mol. The van der Waals surface area contributed by atoms with Crippen LogP contribution in [0.1, 0.15) is 27.6 Å². The van der Waals surface area contributed by atoms with Crippen LogP contribution in [0.4, 0.5) is 0 Å². The van der Waals surface area contributed by atoms with Gasteiger partial charge in [-0.3, -0.25) is 14.5 Å². The Morgan fingerprint density at radius 3 is 1.90 bits per heavy atom. The molecular weight excluding hydrogens is 364 g/mol. The molecule has 1 saturated heterocycles. The van der Waals surface area contributed by atoms with E-state index in [4.69, 9.17) is 4.42 Å². The number of carbonyl (C=O) groups is 2. The SMILES string of the molecule is O=C(CN1CCN(C(=O)C(c2ccccc2)c2ccccc2)CC1)c1ccco1. The van der Waals surface area contributed by atoms with E-state index < -0.39 is 0 Å². The van der Waals surface area contributed by atoms with E-state index >= 15 is 0 Å². The van der Waals surface area contributed by atoms with E-state index in [-0.39, 0.29) is 17.6 Å². The van der Waals surface area contributed by atoms with Crippen LogP contribution < -0.4 is 0 Å². The molecule has 5 heteroatoms. The second-order valence-corrected chi connectivity index (χ2v) is 7.26. The number of hydrogen-bond acceptors (Lipinski definition) is 4. The Hall–Kier alpha value is -3.18. The average molecular weight is 388 g/mol. The van der Waals surface area contributed by atoms with Crippen LogP contribution in [-0.4, -0.2) is 54.2 Å². The Labute approximate surface area is 170 Å². The highest BCUT2D eigenvalue weighted by atomic mass is 16.3. The molecule has 1 aromatic heterocycles. The number of hydrogen-bond donors (Lipinski definition) is 0. The second-order valence-electron chi connectivity index (χ2n) is 7.26. The average Bonchev–Trinajstić information content (AvgIpc) is 3.31. The zero-order valence-electron chi connectivity index (χ0n) is 16.2. The molecule has 0 atom stereocenters. The summed E-state index contributed by atoms with van der Waals surface area (Å²) in [6, 6.07) is 23.2. The zero-order chi connectivity index (χ0) is 20.1. The number of Topliss-reactive ketones (excluding diaryl/α,β-unsaturated/α-hetero) is 1. The lowest BCUT2D eigenvalue weighted by molar-refractivity contribution is -0.133. The summed E-state index contributed by atoms with van der Waals surface area (Å²) in [5, 5.41) is 0. The smallest absolute Gasteiger partial charge is 0.234 e. The van der Waals surface area contributed by atoms with E-state index in [1.54, 1.807) is 12.1 Å². The van der Waals surface area contributed by atoms with Crippen molar-refractivity contribution in [1.82, 2.24) is 9.80 Å². The van der Waals surface area contributed by atoms with Gasteiger partial charge in [0, 0.05) is 26.2 Å². The van der Waals surface area contributed by atoms with Crippen LogP contribution in [0.3, 0.4) is 0 Å². The maximum atomic E-state index is 13.4. The maximum absolute atomic E-state index is 13.4. The minimum absolute atomic E-state index is 0.0266. The first-order valence-corrected chi connectivity index (χ1v) is 9.90. The largest absolute Gasteiger partial charge is 0.461 e. The summed E-state index contributed by atoms with van der Waals surface area (Å²) in [6.07, 6.45) is 1.51. The molecule has 29 heavy (non-hydrogen) atoms. The predicted octanol–water partition coefficient (Wildman–Crippen LogP) is 3.44. The number of rotatable bonds is 6. The van der Waals surface area contributed by atoms with Gasteiger partial charge in [0.1, 0.15) is 0 Å². The van der Waals surface area contributed by atoms with Crippen molar-refractivity contribution in [2.75, 3.05) is 32.7 Å². The van der Waals surface area contributed by atoms with Gasteiger partial charge in [0.05, 0.1) is 18.7 Å². The Kier molecular flexibility index (Phi) is 5.86. The number of benzene rings is 2. The van der Waals surface area contributed by atoms with Crippen molar-refractivity contribution in [3.8, 4) is 0 Å². The Morgan fingerprint density at radius 2 is 1.38 bits per heavy atom. The third kappa shape index (κ3) is 4.46. The fourth-order valence-electron chi connectivity index (χ4n) is 3.80. The van der Waals surface area contributed by atoms with Gasteiger partial charge in [-0.05, 0) is 23.3 Å². The van der Waals surface area contributed by atoms with Gasteiger partial charge in [-0.1, -0.05) is 60.7 Å². The molecule has 4 rings (SSSR count). The van der Waals surface area contributed by atoms with Crippen LogP contribution in [0.25, 0.3) is 0 Å². The number of carbonyl (C=O) groups excluding carboxylic acids is 2. The van der Waals surface area contributed by atoms with Crippen LogP contribution in [0, 0.1) is 0 Å². The minimum Gasteiger partial charge on any atom is -0.461 e. The van der Waals surface area contributed by atoms with E-state index in [0.717, 1.165) is 11.1 Å². The van der Waals surface area contributed by atoms with Crippen molar-refractivity contribution in [2.24, 2.45) is 0 Å². The van der Waals surface area contributed by atoms with Crippen LogP contribution >= 0.6 is 0 Å². The molecule has 5 nitrogen and oxygen atoms in total. The molecule has 0 spiro atoms. The number of nitrogens with zero attached hydrogens (tertiary/aromatic N) is 2. The molecule has 0 N–H and O–H groups in total. The van der Waals surface area contributed by atoms with Gasteiger partial charge in [-0.15, -0.1) is 0 Å². The van der Waals surface area contributed by atoms with Gasteiger partial charge in [0.2, 0.25) is 11.7 Å². The van der Waals surface area contributed by atoms with E-state index in [1.165, 1.54) is 6.26 Å². The van der Waals surface area contributed by atoms with Crippen molar-refractivity contribution < 1.29 is 14.0 Å². The van der Waals surface area contributed by atoms with Crippen LogP contribution in [-0.2, 0) is 4.79 Å². The maximum Gasteiger partial charge on any atom is 0.234 e. The van der Waals surface area contributed by atoms with Gasteiger partial charge in [0.15, 0.2) is 5.76 Å². The van der Waals surface area contributed by atoms with E-state index in [1.807, 2.05) is 65.6 Å². The van der Waals surface area contributed by atoms with Crippen molar-refractivity contribution in [3.63, 3.8) is 0 Å². The fraction of sp³-hybridized carbons (Fsp3) is 0.250. The molecule has 0 unspecified atom stereocenters. The van der Waals surface area contributed by atoms with Gasteiger partial charge in [-0.2, -0.15) is 0 Å². The first-order valence-electron chi connectivity index (χ1n) is 9.90. The van der Waals surface area contributed by atoms with Gasteiger partial charge in [-0.25, -0.2) is 0 Å². The third-order valence-corrected chi connectivity index (χ3v) is 5.36. The summed E-state index contributed by atoms with van der Waals surface area (Å²) in [4.78, 5) is 29.7. The highest BCUT2D eigenvalue weighted by Gasteiger charge is 2.30. The number of amides is 1. The van der Waals surface area contributed by atoms with E-state index in [2.05, 4.69) is 4.90 Å². The molecule has 0 saturated carbocycles. The highest BCUT2D eigenvalue weighted by molar-refractivity contribution is 5.95. The normalized spacial score (nSPS) is 14.9. The van der Waals surface area contributed by atoms with Crippen molar-refractivity contribution in [2.45, 2.75) is 5.92 Å². The van der Waals surface area contributed by atoms with Crippen LogP contribution in [0.15, 0.2) is 83.5 Å². The van der Waals surface area contributed by atoms with Gasteiger partial charge in [0.25, 0.3) is 0 Å². The van der Waals surface area contributed by atoms with Crippen molar-refractivity contribution >= 4 is 11.7 Å². The lowest BCUT2D eigenvalue weighted by Gasteiger charge is -2.36. The summed E-state index contributed by atoms with van der Waals surface area (Å²) in [5.74, 6) is 0.158. The Balaban J connectivity index is 1.44. The molecule has 1 aliphatic heterocycles. The summed E-state index contributed by atoms with van der Waals surface area (Å²) in [6.45, 7) is 2.89. The zero-order valence-corrected chi connectivity index (χ0v) is 16.2. The number of ketones is 1. The van der Waals surface area contributed by atoms with E-state index in [9.17, 15) is 9.59 Å². The highest BCUT2D eigenvalue weighted by Crippen LogP contribution is 2.27. The molecule has 0 aliphatic carbocycles. The molecule has 2 heterocycles. The molecule has 3 aromatic rings. The molecule has 2 aromatic carbocycles. The molecule has 1 amide bonds. The van der Waals surface area contributed by atoms with Crippen LogP contribution in [0.2, 0.25) is 0 Å². The number of furan rings is 1. The Bertz CT molecular complexity index is 891. The summed E-state index contributed by atoms with van der Waals surface area (Å²) < 4.78 is 5.18. The minimum atomic E-state index is -0.311. The van der Waals surface area contributed by atoms with Gasteiger partial charge >= 0.3 is 0 Å². The van der Waals surface area contributed by atoms with E-state index in [0.29, 0.717) is 38.5 Å². The van der Waals surface area contributed by atoms with Crippen molar-refractivity contribution in [3.05, 3.63) is 95.9 Å². The van der Waals surface area contributed by atoms with Crippen LogP contribution in [0.5, 0.6) is 0 Å². The quantitative estimate of drug-likeness (QED) is 0.607. The lowest BCUT2D eigenvalue weighted by Crippen LogP contribution is -2.51. The number of piperazine rings is 1. The molecular formula is C24H24N2O3. The molecule has 1 aliphatic rings. The standard InChI is InChI=1S/C24H24N2O3/c27-21(22-12-7-17-29-22)18-25-13-15-26(16-14-25)24(28)23(19-8-3-1-4-9-19)20-10-5-2-6-11-20/h1-12,17,23H,13-16,18H2. The first-order chi connectivity index (χ1) is 14.2. The molecule has 148 valence electrons. The lowest BCUT2D eigenvalue weighted by atomic mass is 9.90. The molecule has 0 bridgehead atoms. The topological polar surface area (TPSA) is 53.8 Å².